The lowest BCUT2D eigenvalue weighted by Gasteiger charge is -2.27. The van der Waals surface area contributed by atoms with Crippen molar-refractivity contribution >= 4 is 0 Å². The summed E-state index contributed by atoms with van der Waals surface area (Å²) in [5.41, 5.74) is 5.86. The summed E-state index contributed by atoms with van der Waals surface area (Å²) in [4.78, 5) is 2.57. The molecule has 0 aliphatic heterocycles. The van der Waals surface area contributed by atoms with Gasteiger partial charge in [-0.15, -0.1) is 0 Å². The van der Waals surface area contributed by atoms with Crippen molar-refractivity contribution < 1.29 is 4.74 Å². The summed E-state index contributed by atoms with van der Waals surface area (Å²) >= 11 is 0. The molecule has 2 N–H and O–H groups in total. The van der Waals surface area contributed by atoms with Crippen molar-refractivity contribution in [1.82, 2.24) is 4.90 Å². The Kier molecular flexibility index (Phi) is 6.32. The van der Waals surface area contributed by atoms with E-state index in [0.29, 0.717) is 5.92 Å². The van der Waals surface area contributed by atoms with Gasteiger partial charge in [0.2, 0.25) is 0 Å². The van der Waals surface area contributed by atoms with Gasteiger partial charge in [-0.25, -0.2) is 0 Å². The largest absolute Gasteiger partial charge is 0.383 e. The Morgan fingerprint density at radius 3 is 2.50 bits per heavy atom. The minimum atomic E-state index is 0.650. The van der Waals surface area contributed by atoms with Crippen LogP contribution in [0.2, 0.25) is 0 Å². The molecule has 3 nitrogen and oxygen atoms in total. The number of nitrogens with zero attached hydrogens (tertiary/aromatic N) is 1. The highest BCUT2D eigenvalue weighted by Crippen LogP contribution is 2.28. The van der Waals surface area contributed by atoms with E-state index in [1.165, 1.54) is 19.3 Å². The lowest BCUT2D eigenvalue weighted by molar-refractivity contribution is 0.129. The van der Waals surface area contributed by atoms with E-state index in [1.54, 1.807) is 7.11 Å². The van der Waals surface area contributed by atoms with Gasteiger partial charge >= 0.3 is 0 Å². The molecule has 1 aliphatic rings. The van der Waals surface area contributed by atoms with Crippen LogP contribution in [0.3, 0.4) is 0 Å². The molecule has 96 valence electrons. The van der Waals surface area contributed by atoms with Crippen molar-refractivity contribution in [2.24, 2.45) is 17.6 Å². The molecule has 0 aromatic rings. The van der Waals surface area contributed by atoms with Gasteiger partial charge in [0.15, 0.2) is 0 Å². The first kappa shape index (κ1) is 13.9. The Hall–Kier alpha value is -0.120. The molecule has 0 radical (unpaired) electrons. The fourth-order valence-corrected chi connectivity index (χ4v) is 2.31. The Labute approximate surface area is 100 Å². The van der Waals surface area contributed by atoms with Crippen LogP contribution in [0.5, 0.6) is 0 Å². The fraction of sp³-hybridized carbons (Fsp3) is 1.00. The first-order valence-corrected chi connectivity index (χ1v) is 6.60. The Balaban J connectivity index is 2.32. The van der Waals surface area contributed by atoms with Crippen LogP contribution >= 0.6 is 0 Å². The second kappa shape index (κ2) is 7.25. The third-order valence-corrected chi connectivity index (χ3v) is 3.28. The minimum absolute atomic E-state index is 0.650. The smallest absolute Gasteiger partial charge is 0.0589 e. The van der Waals surface area contributed by atoms with E-state index in [2.05, 4.69) is 18.7 Å². The molecule has 0 amide bonds. The first-order chi connectivity index (χ1) is 7.67. The molecule has 0 aromatic heterocycles. The maximum atomic E-state index is 5.86. The van der Waals surface area contributed by atoms with Crippen LogP contribution in [0, 0.1) is 11.8 Å². The molecule has 0 saturated heterocycles. The van der Waals surface area contributed by atoms with Gasteiger partial charge in [0.05, 0.1) is 6.61 Å². The lowest BCUT2D eigenvalue weighted by atomic mass is 9.96. The molecule has 0 heterocycles. The van der Waals surface area contributed by atoms with E-state index < -0.39 is 0 Å². The van der Waals surface area contributed by atoms with Gasteiger partial charge in [-0.3, -0.25) is 4.90 Å². The first-order valence-electron chi connectivity index (χ1n) is 6.60. The molecule has 16 heavy (non-hydrogen) atoms. The second-order valence-electron chi connectivity index (χ2n) is 5.45. The summed E-state index contributed by atoms with van der Waals surface area (Å²) in [6.07, 6.45) is 3.97. The maximum Gasteiger partial charge on any atom is 0.0589 e. The summed E-state index contributed by atoms with van der Waals surface area (Å²) in [6.45, 7) is 8.43. The van der Waals surface area contributed by atoms with E-state index in [4.69, 9.17) is 10.5 Å². The van der Waals surface area contributed by atoms with Crippen LogP contribution in [-0.4, -0.2) is 44.3 Å². The minimum Gasteiger partial charge on any atom is -0.383 e. The van der Waals surface area contributed by atoms with Crippen LogP contribution in [0.15, 0.2) is 0 Å². The Morgan fingerprint density at radius 1 is 1.38 bits per heavy atom. The molecule has 0 spiro atoms. The van der Waals surface area contributed by atoms with Crippen molar-refractivity contribution in [3.05, 3.63) is 0 Å². The van der Waals surface area contributed by atoms with E-state index >= 15 is 0 Å². The maximum absolute atomic E-state index is 5.86. The Morgan fingerprint density at radius 2 is 2.06 bits per heavy atom. The van der Waals surface area contributed by atoms with Gasteiger partial charge in [0, 0.05) is 26.2 Å². The third-order valence-electron chi connectivity index (χ3n) is 3.28. The van der Waals surface area contributed by atoms with E-state index in [-0.39, 0.29) is 0 Å². The molecular formula is C13H28N2O. The van der Waals surface area contributed by atoms with Gasteiger partial charge in [-0.1, -0.05) is 13.8 Å². The van der Waals surface area contributed by atoms with Crippen molar-refractivity contribution in [1.29, 1.82) is 0 Å². The Bertz CT molecular complexity index is 181. The van der Waals surface area contributed by atoms with Crippen LogP contribution in [-0.2, 0) is 4.74 Å². The molecular weight excluding hydrogens is 200 g/mol. The number of hydrogen-bond donors (Lipinski definition) is 1. The molecule has 1 aliphatic carbocycles. The molecule has 1 atom stereocenters. The predicted molar refractivity (Wildman–Crippen MR) is 68.5 cm³/mol. The highest BCUT2D eigenvalue weighted by Gasteiger charge is 2.29. The fourth-order valence-electron chi connectivity index (χ4n) is 2.31. The van der Waals surface area contributed by atoms with Crippen molar-refractivity contribution in [2.45, 2.75) is 39.2 Å². The van der Waals surface area contributed by atoms with Crippen LogP contribution < -0.4 is 5.73 Å². The molecule has 1 fully saturated rings. The van der Waals surface area contributed by atoms with Gasteiger partial charge in [-0.2, -0.15) is 0 Å². The number of rotatable bonds is 9. The van der Waals surface area contributed by atoms with Crippen molar-refractivity contribution in [3.8, 4) is 0 Å². The zero-order valence-electron chi connectivity index (χ0n) is 11.1. The number of methoxy groups -OCH3 is 1. The van der Waals surface area contributed by atoms with Crippen LogP contribution in [0.4, 0.5) is 0 Å². The average molecular weight is 228 g/mol. The van der Waals surface area contributed by atoms with Crippen molar-refractivity contribution in [2.75, 3.05) is 33.4 Å². The number of ether oxygens (including phenoxy) is 1. The highest BCUT2D eigenvalue weighted by atomic mass is 16.5. The second-order valence-corrected chi connectivity index (χ2v) is 5.45. The topological polar surface area (TPSA) is 38.5 Å². The number of hydrogen-bond acceptors (Lipinski definition) is 3. The summed E-state index contributed by atoms with van der Waals surface area (Å²) in [7, 11) is 1.78. The molecule has 1 rings (SSSR count). The summed E-state index contributed by atoms with van der Waals surface area (Å²) < 4.78 is 5.17. The summed E-state index contributed by atoms with van der Waals surface area (Å²) in [5, 5.41) is 0. The zero-order valence-corrected chi connectivity index (χ0v) is 11.1. The number of nitrogens with two attached hydrogens (primary N) is 1. The van der Waals surface area contributed by atoms with E-state index in [9.17, 15) is 0 Å². The monoisotopic (exact) mass is 228 g/mol. The van der Waals surface area contributed by atoms with E-state index in [1.807, 2.05) is 0 Å². The molecule has 0 bridgehead atoms. The normalized spacial score (nSPS) is 18.4. The summed E-state index contributed by atoms with van der Waals surface area (Å²) in [5.74, 6) is 1.40. The SMILES string of the molecule is COCCN(CC(CN)CC(C)C)C1CC1. The van der Waals surface area contributed by atoms with Crippen LogP contribution in [0.1, 0.15) is 33.1 Å². The van der Waals surface area contributed by atoms with E-state index in [0.717, 1.165) is 38.2 Å². The quantitative estimate of drug-likeness (QED) is 0.653. The van der Waals surface area contributed by atoms with Gasteiger partial charge < -0.3 is 10.5 Å². The standard InChI is InChI=1S/C13H28N2O/c1-11(2)8-12(9-14)10-15(6-7-16-3)13-4-5-13/h11-13H,4-10,14H2,1-3H3. The van der Waals surface area contributed by atoms with Gasteiger partial charge in [0.25, 0.3) is 0 Å². The lowest BCUT2D eigenvalue weighted by Crippen LogP contribution is -2.37. The molecule has 1 unspecified atom stereocenters. The molecule has 1 saturated carbocycles. The predicted octanol–water partition coefficient (Wildman–Crippen LogP) is 1.72. The molecule has 0 aromatic carbocycles. The van der Waals surface area contributed by atoms with Gasteiger partial charge in [-0.05, 0) is 37.6 Å². The highest BCUT2D eigenvalue weighted by molar-refractivity contribution is 4.85. The van der Waals surface area contributed by atoms with Crippen molar-refractivity contribution in [3.63, 3.8) is 0 Å². The zero-order chi connectivity index (χ0) is 12.0. The summed E-state index contributed by atoms with van der Waals surface area (Å²) in [6, 6.07) is 0.816. The third kappa shape index (κ3) is 5.28. The average Bonchev–Trinajstić information content (AvgIpc) is 3.05. The van der Waals surface area contributed by atoms with Crippen LogP contribution in [0.25, 0.3) is 0 Å². The molecule has 3 heteroatoms. The van der Waals surface area contributed by atoms with Gasteiger partial charge in [0.1, 0.15) is 0 Å².